The number of amides is 1. The van der Waals surface area contributed by atoms with Crippen LogP contribution in [0.3, 0.4) is 0 Å². The maximum Gasteiger partial charge on any atom is 0.410 e. The van der Waals surface area contributed by atoms with Gasteiger partial charge in [-0.1, -0.05) is 0 Å². The molecular formula is C21H35FIN5O3. The molecule has 1 aromatic rings. The van der Waals surface area contributed by atoms with Gasteiger partial charge in [0.15, 0.2) is 5.96 Å². The first-order valence-corrected chi connectivity index (χ1v) is 10.2. The fraction of sp³-hybridized carbons (Fsp3) is 0.619. The first kappa shape index (κ1) is 27.2. The summed E-state index contributed by atoms with van der Waals surface area (Å²) in [4.78, 5) is 22.6. The average Bonchev–Trinajstić information content (AvgIpc) is 2.69. The molecule has 1 saturated heterocycles. The maximum absolute atomic E-state index is 13.1. The summed E-state index contributed by atoms with van der Waals surface area (Å²) in [5.41, 5.74) is 6.60. The van der Waals surface area contributed by atoms with Gasteiger partial charge in [-0.3, -0.25) is 4.99 Å². The van der Waals surface area contributed by atoms with Crippen molar-refractivity contribution in [3.05, 3.63) is 30.1 Å². The van der Waals surface area contributed by atoms with Crippen molar-refractivity contribution in [3.8, 4) is 0 Å². The Bertz CT molecular complexity index is 704. The summed E-state index contributed by atoms with van der Waals surface area (Å²) in [6.45, 7) is 10.1. The zero-order valence-corrected chi connectivity index (χ0v) is 21.2. The van der Waals surface area contributed by atoms with Gasteiger partial charge in [0.25, 0.3) is 0 Å². The lowest BCUT2D eigenvalue weighted by atomic mass is 10.2. The standard InChI is InChI=1S/C21H34FN5O3.HI/c1-21(2,3)30-20(28)27(15-16-29-4)10-9-24-19(23)26-13-11-25(12-14-26)18-7-5-17(22)6-8-18;/h5-8H,9-16H2,1-4H3,(H2,23,24);1H. The molecule has 0 radical (unpaired) electrons. The normalized spacial score (nSPS) is 14.8. The summed E-state index contributed by atoms with van der Waals surface area (Å²) < 4.78 is 23.6. The number of halogens is 2. The third kappa shape index (κ3) is 9.46. The van der Waals surface area contributed by atoms with Gasteiger partial charge in [-0.15, -0.1) is 24.0 Å². The van der Waals surface area contributed by atoms with E-state index in [9.17, 15) is 9.18 Å². The van der Waals surface area contributed by atoms with Gasteiger partial charge in [-0.05, 0) is 45.0 Å². The highest BCUT2D eigenvalue weighted by atomic mass is 127. The molecule has 2 rings (SSSR count). The molecule has 1 heterocycles. The third-order valence-corrected chi connectivity index (χ3v) is 4.66. The zero-order chi connectivity index (χ0) is 22.1. The lowest BCUT2D eigenvalue weighted by Gasteiger charge is -2.36. The van der Waals surface area contributed by atoms with Gasteiger partial charge in [0, 0.05) is 52.1 Å². The average molecular weight is 551 g/mol. The van der Waals surface area contributed by atoms with E-state index >= 15 is 0 Å². The first-order chi connectivity index (χ1) is 14.2. The highest BCUT2D eigenvalue weighted by Gasteiger charge is 2.22. The van der Waals surface area contributed by atoms with E-state index in [0.717, 1.165) is 31.9 Å². The van der Waals surface area contributed by atoms with Crippen LogP contribution in [0.25, 0.3) is 0 Å². The number of aliphatic imine (C=N–C) groups is 1. The van der Waals surface area contributed by atoms with E-state index in [2.05, 4.69) is 9.89 Å². The second kappa shape index (κ2) is 12.9. The summed E-state index contributed by atoms with van der Waals surface area (Å²) in [6.07, 6.45) is -0.388. The third-order valence-electron chi connectivity index (χ3n) is 4.66. The molecule has 0 saturated carbocycles. The lowest BCUT2D eigenvalue weighted by molar-refractivity contribution is 0.0208. The monoisotopic (exact) mass is 551 g/mol. The number of rotatable bonds is 7. The number of hydrogen-bond acceptors (Lipinski definition) is 5. The van der Waals surface area contributed by atoms with Gasteiger partial charge >= 0.3 is 6.09 Å². The predicted octanol–water partition coefficient (Wildman–Crippen LogP) is 2.76. The second-order valence-electron chi connectivity index (χ2n) is 8.15. The van der Waals surface area contributed by atoms with Crippen LogP contribution in [0.1, 0.15) is 20.8 Å². The highest BCUT2D eigenvalue weighted by Crippen LogP contribution is 2.17. The molecule has 2 N–H and O–H groups in total. The lowest BCUT2D eigenvalue weighted by Crippen LogP contribution is -2.51. The van der Waals surface area contributed by atoms with Crippen LogP contribution >= 0.6 is 24.0 Å². The number of benzene rings is 1. The summed E-state index contributed by atoms with van der Waals surface area (Å²) in [7, 11) is 1.59. The van der Waals surface area contributed by atoms with Crippen molar-refractivity contribution in [1.29, 1.82) is 0 Å². The Balaban J connectivity index is 0.00000480. The Morgan fingerprint density at radius 3 is 2.32 bits per heavy atom. The Morgan fingerprint density at radius 1 is 1.16 bits per heavy atom. The molecule has 0 unspecified atom stereocenters. The van der Waals surface area contributed by atoms with Crippen LogP contribution in [0.5, 0.6) is 0 Å². The minimum absolute atomic E-state index is 0. The van der Waals surface area contributed by atoms with E-state index < -0.39 is 5.60 Å². The molecule has 0 atom stereocenters. The van der Waals surface area contributed by atoms with Crippen molar-refractivity contribution in [3.63, 3.8) is 0 Å². The molecule has 10 heteroatoms. The minimum atomic E-state index is -0.561. The number of methoxy groups -OCH3 is 1. The van der Waals surface area contributed by atoms with Crippen LogP contribution < -0.4 is 10.6 Å². The van der Waals surface area contributed by atoms with Crippen molar-refractivity contribution in [2.75, 3.05) is 64.4 Å². The molecule has 0 aliphatic carbocycles. The number of carbonyl (C=O) groups excluding carboxylic acids is 1. The molecule has 176 valence electrons. The van der Waals surface area contributed by atoms with Crippen LogP contribution in [0, 0.1) is 5.82 Å². The Morgan fingerprint density at radius 2 is 1.77 bits per heavy atom. The van der Waals surface area contributed by atoms with Gasteiger partial charge in [0.1, 0.15) is 11.4 Å². The summed E-state index contributed by atoms with van der Waals surface area (Å²) >= 11 is 0. The van der Waals surface area contributed by atoms with Crippen LogP contribution in [-0.4, -0.2) is 87.0 Å². The van der Waals surface area contributed by atoms with Crippen molar-refractivity contribution in [2.24, 2.45) is 10.7 Å². The summed E-state index contributed by atoms with van der Waals surface area (Å²) in [5, 5.41) is 0. The summed E-state index contributed by atoms with van der Waals surface area (Å²) in [5.74, 6) is 0.226. The molecule has 1 amide bonds. The van der Waals surface area contributed by atoms with Gasteiger partial charge < -0.3 is 29.9 Å². The van der Waals surface area contributed by atoms with Crippen molar-refractivity contribution in [1.82, 2.24) is 9.80 Å². The number of nitrogens with two attached hydrogens (primary N) is 1. The van der Waals surface area contributed by atoms with E-state index in [-0.39, 0.29) is 35.9 Å². The molecule has 1 aliphatic heterocycles. The number of ether oxygens (including phenoxy) is 2. The smallest absolute Gasteiger partial charge is 0.410 e. The van der Waals surface area contributed by atoms with Crippen molar-refractivity contribution in [2.45, 2.75) is 26.4 Å². The number of anilines is 1. The Labute approximate surface area is 201 Å². The van der Waals surface area contributed by atoms with Gasteiger partial charge in [0.05, 0.1) is 13.2 Å². The zero-order valence-electron chi connectivity index (χ0n) is 18.8. The minimum Gasteiger partial charge on any atom is -0.444 e. The Hall–Kier alpha value is -1.82. The number of hydrogen-bond donors (Lipinski definition) is 1. The first-order valence-electron chi connectivity index (χ1n) is 10.2. The molecular weight excluding hydrogens is 516 g/mol. The van der Waals surface area contributed by atoms with Crippen molar-refractivity contribution >= 4 is 41.7 Å². The van der Waals surface area contributed by atoms with E-state index in [4.69, 9.17) is 15.2 Å². The van der Waals surface area contributed by atoms with Gasteiger partial charge in [-0.2, -0.15) is 0 Å². The number of carbonyl (C=O) groups is 1. The largest absolute Gasteiger partial charge is 0.444 e. The second-order valence-corrected chi connectivity index (χ2v) is 8.15. The maximum atomic E-state index is 13.1. The number of nitrogens with zero attached hydrogens (tertiary/aromatic N) is 4. The molecule has 31 heavy (non-hydrogen) atoms. The van der Waals surface area contributed by atoms with Crippen LogP contribution in [0.15, 0.2) is 29.3 Å². The number of piperazine rings is 1. The quantitative estimate of drug-likeness (QED) is 0.319. The van der Waals surface area contributed by atoms with Crippen LogP contribution in [-0.2, 0) is 9.47 Å². The van der Waals surface area contributed by atoms with E-state index in [1.807, 2.05) is 25.7 Å². The highest BCUT2D eigenvalue weighted by molar-refractivity contribution is 14.0. The van der Waals surface area contributed by atoms with E-state index in [1.54, 1.807) is 24.1 Å². The topological polar surface area (TPSA) is 83.6 Å². The van der Waals surface area contributed by atoms with Gasteiger partial charge in [-0.25, -0.2) is 9.18 Å². The molecule has 0 aromatic heterocycles. The van der Waals surface area contributed by atoms with E-state index in [0.29, 0.717) is 32.2 Å². The SMILES string of the molecule is COCCN(CCN=C(N)N1CCN(c2ccc(F)cc2)CC1)C(=O)OC(C)(C)C.I. The molecule has 0 spiro atoms. The van der Waals surface area contributed by atoms with E-state index in [1.165, 1.54) is 12.1 Å². The fourth-order valence-corrected chi connectivity index (χ4v) is 3.05. The Kier molecular flexibility index (Phi) is 11.3. The van der Waals surface area contributed by atoms with Gasteiger partial charge in [0.2, 0.25) is 0 Å². The molecule has 1 fully saturated rings. The number of guanidine groups is 1. The predicted molar refractivity (Wildman–Crippen MR) is 132 cm³/mol. The molecule has 0 bridgehead atoms. The van der Waals surface area contributed by atoms with Crippen LogP contribution in [0.4, 0.5) is 14.9 Å². The van der Waals surface area contributed by atoms with Crippen molar-refractivity contribution < 1.29 is 18.7 Å². The fourth-order valence-electron chi connectivity index (χ4n) is 3.05. The van der Waals surface area contributed by atoms with Crippen LogP contribution in [0.2, 0.25) is 0 Å². The molecule has 1 aliphatic rings. The summed E-state index contributed by atoms with van der Waals surface area (Å²) in [6, 6.07) is 6.51. The molecule has 1 aromatic carbocycles. The molecule has 8 nitrogen and oxygen atoms in total.